The molecule has 0 aliphatic heterocycles. The molecular weight excluding hydrogens is 384 g/mol. The Labute approximate surface area is 176 Å². The molecule has 6 nitrogen and oxygen atoms in total. The van der Waals surface area contributed by atoms with E-state index in [1.54, 1.807) is 42.5 Å². The number of benzene rings is 2. The van der Waals surface area contributed by atoms with Crippen LogP contribution in [-0.4, -0.2) is 37.2 Å². The van der Waals surface area contributed by atoms with E-state index in [2.05, 4.69) is 13.2 Å². The molecule has 158 valence electrons. The van der Waals surface area contributed by atoms with Crippen LogP contribution in [0.5, 0.6) is 5.75 Å². The summed E-state index contributed by atoms with van der Waals surface area (Å²) in [5.74, 6) is -3.29. The van der Waals surface area contributed by atoms with Gasteiger partial charge in [-0.15, -0.1) is 13.2 Å². The van der Waals surface area contributed by atoms with Gasteiger partial charge in [-0.05, 0) is 36.2 Å². The third kappa shape index (κ3) is 4.67. The maximum Gasteiger partial charge on any atom is 0.369 e. The molecule has 1 N–H and O–H groups in total. The Morgan fingerprint density at radius 2 is 1.63 bits per heavy atom. The van der Waals surface area contributed by atoms with E-state index >= 15 is 0 Å². The molecule has 0 amide bonds. The van der Waals surface area contributed by atoms with E-state index in [4.69, 9.17) is 14.2 Å². The van der Waals surface area contributed by atoms with Gasteiger partial charge in [-0.3, -0.25) is 4.79 Å². The number of carboxylic acids is 1. The van der Waals surface area contributed by atoms with E-state index in [9.17, 15) is 14.7 Å². The van der Waals surface area contributed by atoms with E-state index in [1.807, 2.05) is 6.92 Å². The Balaban J connectivity index is 2.73. The fraction of sp³-hybridized carbons (Fsp3) is 0.250. The summed E-state index contributed by atoms with van der Waals surface area (Å²) in [6.07, 6.45) is 3.33. The zero-order valence-corrected chi connectivity index (χ0v) is 17.2. The van der Waals surface area contributed by atoms with Crippen molar-refractivity contribution in [1.82, 2.24) is 0 Å². The molecule has 0 spiro atoms. The van der Waals surface area contributed by atoms with Gasteiger partial charge in [0, 0.05) is 16.7 Å². The summed E-state index contributed by atoms with van der Waals surface area (Å²) in [5.41, 5.74) is 1.38. The number of hydrogen-bond donors (Lipinski definition) is 1. The molecule has 0 saturated carbocycles. The lowest BCUT2D eigenvalue weighted by Crippen LogP contribution is -2.44. The average Bonchev–Trinajstić information content (AvgIpc) is 2.78. The van der Waals surface area contributed by atoms with E-state index in [-0.39, 0.29) is 30.1 Å². The van der Waals surface area contributed by atoms with E-state index in [0.717, 1.165) is 0 Å². The van der Waals surface area contributed by atoms with Crippen LogP contribution in [0.25, 0.3) is 0 Å². The molecule has 30 heavy (non-hydrogen) atoms. The summed E-state index contributed by atoms with van der Waals surface area (Å²) >= 11 is 0. The molecule has 0 aliphatic carbocycles. The number of carbonyl (C=O) groups excluding carboxylic acids is 1. The number of rotatable bonds is 12. The van der Waals surface area contributed by atoms with Crippen LogP contribution in [0.2, 0.25) is 0 Å². The molecular formula is C24H26O6. The van der Waals surface area contributed by atoms with Crippen LogP contribution in [0.15, 0.2) is 67.8 Å². The zero-order chi connectivity index (χ0) is 22.1. The second kappa shape index (κ2) is 10.5. The molecule has 0 heterocycles. The third-order valence-electron chi connectivity index (χ3n) is 4.55. The summed E-state index contributed by atoms with van der Waals surface area (Å²) in [6.45, 7) is 8.88. The quantitative estimate of drug-likeness (QED) is 0.322. The van der Waals surface area contributed by atoms with Gasteiger partial charge in [0.05, 0.1) is 20.3 Å². The normalized spacial score (nSPS) is 11.0. The second-order valence-corrected chi connectivity index (χ2v) is 6.37. The predicted octanol–water partition coefficient (Wildman–Crippen LogP) is 4.13. The number of methoxy groups -OCH3 is 1. The first-order valence-electron chi connectivity index (χ1n) is 9.49. The molecule has 2 rings (SSSR count). The fourth-order valence-corrected chi connectivity index (χ4v) is 3.14. The smallest absolute Gasteiger partial charge is 0.369 e. The van der Waals surface area contributed by atoms with Gasteiger partial charge in [-0.25, -0.2) is 4.79 Å². The van der Waals surface area contributed by atoms with Crippen molar-refractivity contribution in [3.8, 4) is 5.75 Å². The van der Waals surface area contributed by atoms with Crippen molar-refractivity contribution in [2.45, 2.75) is 19.1 Å². The number of ether oxygens (including phenoxy) is 3. The van der Waals surface area contributed by atoms with Gasteiger partial charge in [0.25, 0.3) is 5.79 Å². The monoisotopic (exact) mass is 410 g/mol. The minimum absolute atomic E-state index is 0.0857. The summed E-state index contributed by atoms with van der Waals surface area (Å²) < 4.78 is 16.5. The summed E-state index contributed by atoms with van der Waals surface area (Å²) in [6, 6.07) is 11.6. The largest absolute Gasteiger partial charge is 0.497 e. The van der Waals surface area contributed by atoms with Crippen molar-refractivity contribution in [3.63, 3.8) is 0 Å². The van der Waals surface area contributed by atoms with Crippen molar-refractivity contribution in [3.05, 3.63) is 90.0 Å². The molecule has 0 saturated heterocycles. The van der Waals surface area contributed by atoms with Gasteiger partial charge >= 0.3 is 5.97 Å². The van der Waals surface area contributed by atoms with Crippen LogP contribution in [0, 0.1) is 0 Å². The van der Waals surface area contributed by atoms with Gasteiger partial charge < -0.3 is 19.3 Å². The van der Waals surface area contributed by atoms with E-state index in [1.165, 1.54) is 19.3 Å². The Bertz CT molecular complexity index is 902. The lowest BCUT2D eigenvalue weighted by Gasteiger charge is -2.32. The number of ketones is 1. The van der Waals surface area contributed by atoms with Crippen LogP contribution in [0.1, 0.15) is 34.0 Å². The molecule has 0 fully saturated rings. The Kier molecular flexibility index (Phi) is 8.09. The number of carboxylic acid groups (broad SMARTS) is 1. The fourth-order valence-electron chi connectivity index (χ4n) is 3.14. The molecule has 0 unspecified atom stereocenters. The maximum atomic E-state index is 13.4. The molecule has 0 radical (unpaired) electrons. The number of carbonyl (C=O) groups is 2. The van der Waals surface area contributed by atoms with Crippen LogP contribution in [0.3, 0.4) is 0 Å². The highest BCUT2D eigenvalue weighted by atomic mass is 16.7. The Morgan fingerprint density at radius 3 is 2.10 bits per heavy atom. The standard InChI is InChI=1S/C24H26O6/c1-5-15-29-24(23(26)27,30-16-6-2)21-17(7-3)9-8-10-20(21)22(25)18-11-13-19(28-4)14-12-18/h5-6,8-14H,1-2,7,15-16H2,3-4H3,(H,26,27). The highest BCUT2D eigenvalue weighted by Crippen LogP contribution is 2.35. The lowest BCUT2D eigenvalue weighted by atomic mass is 9.88. The summed E-state index contributed by atoms with van der Waals surface area (Å²) in [7, 11) is 1.54. The maximum absolute atomic E-state index is 13.4. The van der Waals surface area contributed by atoms with Crippen LogP contribution in [-0.2, 0) is 26.5 Å². The van der Waals surface area contributed by atoms with Crippen molar-refractivity contribution >= 4 is 11.8 Å². The molecule has 0 bridgehead atoms. The first kappa shape index (κ1) is 23.1. The summed E-state index contributed by atoms with van der Waals surface area (Å²) in [4.78, 5) is 25.8. The zero-order valence-electron chi connectivity index (χ0n) is 17.2. The van der Waals surface area contributed by atoms with Crippen LogP contribution in [0.4, 0.5) is 0 Å². The topological polar surface area (TPSA) is 82.1 Å². The number of hydrogen-bond acceptors (Lipinski definition) is 5. The predicted molar refractivity (Wildman–Crippen MR) is 114 cm³/mol. The van der Waals surface area contributed by atoms with Gasteiger partial charge in [0.15, 0.2) is 5.78 Å². The second-order valence-electron chi connectivity index (χ2n) is 6.37. The molecule has 6 heteroatoms. The van der Waals surface area contributed by atoms with E-state index < -0.39 is 11.8 Å². The van der Waals surface area contributed by atoms with Gasteiger partial charge in [0.1, 0.15) is 5.75 Å². The number of aryl methyl sites for hydroxylation is 1. The van der Waals surface area contributed by atoms with Gasteiger partial charge in [0.2, 0.25) is 0 Å². The summed E-state index contributed by atoms with van der Waals surface area (Å²) in [5, 5.41) is 10.1. The average molecular weight is 410 g/mol. The molecule has 0 aromatic heterocycles. The number of aliphatic carboxylic acids is 1. The van der Waals surface area contributed by atoms with Gasteiger partial charge in [-0.1, -0.05) is 37.3 Å². The van der Waals surface area contributed by atoms with Crippen molar-refractivity contribution in [1.29, 1.82) is 0 Å². The third-order valence-corrected chi connectivity index (χ3v) is 4.55. The Hall–Kier alpha value is -3.22. The molecule has 0 atom stereocenters. The first-order valence-corrected chi connectivity index (χ1v) is 9.49. The highest BCUT2D eigenvalue weighted by Gasteiger charge is 2.47. The molecule has 2 aromatic rings. The van der Waals surface area contributed by atoms with E-state index in [0.29, 0.717) is 23.3 Å². The van der Waals surface area contributed by atoms with Gasteiger partial charge in [-0.2, -0.15) is 0 Å². The van der Waals surface area contributed by atoms with Crippen molar-refractivity contribution < 1.29 is 28.9 Å². The lowest BCUT2D eigenvalue weighted by molar-refractivity contribution is -0.244. The first-order chi connectivity index (χ1) is 14.4. The van der Waals surface area contributed by atoms with Crippen molar-refractivity contribution in [2.24, 2.45) is 0 Å². The van der Waals surface area contributed by atoms with Crippen LogP contribution < -0.4 is 4.74 Å². The molecule has 0 aliphatic rings. The minimum Gasteiger partial charge on any atom is -0.497 e. The Morgan fingerprint density at radius 1 is 1.03 bits per heavy atom. The van der Waals surface area contributed by atoms with Crippen LogP contribution >= 0.6 is 0 Å². The van der Waals surface area contributed by atoms with Crippen molar-refractivity contribution in [2.75, 3.05) is 20.3 Å². The minimum atomic E-state index is -2.19. The molecule has 2 aromatic carbocycles. The SMILES string of the molecule is C=CCOC(OCC=C)(C(=O)O)c1c(CC)cccc1C(=O)c1ccc(OC)cc1. The highest BCUT2D eigenvalue weighted by molar-refractivity contribution is 6.11.